The van der Waals surface area contributed by atoms with Gasteiger partial charge in [-0.2, -0.15) is 0 Å². The fraction of sp³-hybridized carbons (Fsp3) is 0.806. The molecule has 1 aromatic carbocycles. The number of fused-ring (bicyclic) bond motifs is 2. The molecule has 10 heteroatoms. The SMILES string of the molecule is CCCCO[C@]12[C@H]3[C@@H](OC(=O)c4ccccc4)[C@@](O)(C[C@H]3[C@@]34[C@@H](OC)CC[C@@]5(COC)CN(CC)[C@@H]3[C@@H]1[C@H](OC)[C@H]54)[C@@H](OC)[C@@H]2O. The van der Waals surface area contributed by atoms with E-state index in [2.05, 4.69) is 18.7 Å². The molecule has 1 heterocycles. The number of unbranched alkanes of at least 4 members (excludes halogenated alkanes) is 1. The van der Waals surface area contributed by atoms with Gasteiger partial charge in [-0.25, -0.2) is 4.79 Å². The number of methoxy groups -OCH3 is 4. The number of aliphatic hydroxyl groups is 2. The number of hydrogen-bond acceptors (Lipinski definition) is 10. The zero-order valence-electron chi connectivity index (χ0n) is 28.2. The highest BCUT2D eigenvalue weighted by Gasteiger charge is 2.91. The predicted octanol–water partition coefficient (Wildman–Crippen LogP) is 2.93. The summed E-state index contributed by atoms with van der Waals surface area (Å²) in [6.45, 7) is 6.97. The van der Waals surface area contributed by atoms with Crippen LogP contribution >= 0.6 is 0 Å². The third-order valence-electron chi connectivity index (χ3n) is 13.6. The van der Waals surface area contributed by atoms with Crippen molar-refractivity contribution in [1.82, 2.24) is 4.90 Å². The Morgan fingerprint density at radius 2 is 1.78 bits per heavy atom. The summed E-state index contributed by atoms with van der Waals surface area (Å²) in [5.41, 5.74) is -3.14. The van der Waals surface area contributed by atoms with E-state index in [0.717, 1.165) is 38.8 Å². The van der Waals surface area contributed by atoms with Gasteiger partial charge in [0.15, 0.2) is 0 Å². The lowest BCUT2D eigenvalue weighted by atomic mass is 9.43. The van der Waals surface area contributed by atoms with E-state index in [-0.39, 0.29) is 47.8 Å². The molecule has 0 unspecified atom stereocenters. The summed E-state index contributed by atoms with van der Waals surface area (Å²) in [7, 11) is 6.89. The van der Waals surface area contributed by atoms with Gasteiger partial charge in [0.1, 0.15) is 29.5 Å². The van der Waals surface area contributed by atoms with E-state index < -0.39 is 46.8 Å². The van der Waals surface area contributed by atoms with E-state index >= 15 is 0 Å². The molecule has 6 aliphatic rings. The van der Waals surface area contributed by atoms with Gasteiger partial charge in [-0.15, -0.1) is 0 Å². The number of likely N-dealkylation sites (tertiary alicyclic amines) is 1. The predicted molar refractivity (Wildman–Crippen MR) is 168 cm³/mol. The van der Waals surface area contributed by atoms with E-state index in [1.165, 1.54) is 7.11 Å². The summed E-state index contributed by atoms with van der Waals surface area (Å²) in [4.78, 5) is 16.4. The van der Waals surface area contributed by atoms with Crippen LogP contribution in [-0.2, 0) is 28.4 Å². The van der Waals surface area contributed by atoms with Gasteiger partial charge in [0.2, 0.25) is 0 Å². The van der Waals surface area contributed by atoms with Crippen molar-refractivity contribution in [2.75, 3.05) is 54.7 Å². The molecule has 0 radical (unpaired) electrons. The largest absolute Gasteiger partial charge is 0.455 e. The Kier molecular flexibility index (Phi) is 8.41. The van der Waals surface area contributed by atoms with Gasteiger partial charge in [-0.3, -0.25) is 4.90 Å². The topological polar surface area (TPSA) is 116 Å². The number of hydrogen-bond donors (Lipinski definition) is 2. The van der Waals surface area contributed by atoms with Crippen LogP contribution in [-0.4, -0.2) is 124 Å². The van der Waals surface area contributed by atoms with Crippen LogP contribution in [0.3, 0.4) is 0 Å². The molecule has 1 spiro atoms. The maximum atomic E-state index is 13.8. The normalized spacial score (nSPS) is 48.4. The Hall–Kier alpha value is -1.63. The second-order valence-electron chi connectivity index (χ2n) is 14.9. The zero-order chi connectivity index (χ0) is 32.6. The first-order valence-corrected chi connectivity index (χ1v) is 17.3. The minimum absolute atomic E-state index is 0.0183. The molecule has 1 aliphatic heterocycles. The monoisotopic (exact) mass is 643 g/mol. The summed E-state index contributed by atoms with van der Waals surface area (Å²) in [6.07, 6.45) is 0.170. The molecule has 14 atom stereocenters. The molecule has 1 aromatic rings. The minimum atomic E-state index is -1.64. The number of carbonyl (C=O) groups excluding carboxylic acids is 1. The van der Waals surface area contributed by atoms with Crippen molar-refractivity contribution in [3.05, 3.63) is 35.9 Å². The van der Waals surface area contributed by atoms with Gasteiger partial charge in [-0.1, -0.05) is 38.5 Å². The molecule has 10 nitrogen and oxygen atoms in total. The maximum Gasteiger partial charge on any atom is 0.338 e. The summed E-state index contributed by atoms with van der Waals surface area (Å²) in [6, 6.07) is 8.85. The summed E-state index contributed by atoms with van der Waals surface area (Å²) >= 11 is 0. The summed E-state index contributed by atoms with van der Waals surface area (Å²) in [5, 5.41) is 25.6. The highest BCUT2D eigenvalue weighted by molar-refractivity contribution is 5.89. The molecular formula is C36H53NO9. The first-order chi connectivity index (χ1) is 22.2. The highest BCUT2D eigenvalue weighted by Crippen LogP contribution is 2.80. The first-order valence-electron chi connectivity index (χ1n) is 17.3. The number of rotatable bonds is 12. The molecular weight excluding hydrogens is 590 g/mol. The number of esters is 1. The van der Waals surface area contributed by atoms with Crippen molar-refractivity contribution >= 4 is 5.97 Å². The first kappa shape index (κ1) is 32.9. The fourth-order valence-electron chi connectivity index (χ4n) is 12.6. The number of carbonyl (C=O) groups is 1. The summed E-state index contributed by atoms with van der Waals surface area (Å²) < 4.78 is 39.0. The molecule has 46 heavy (non-hydrogen) atoms. The van der Waals surface area contributed by atoms with Crippen LogP contribution in [0.15, 0.2) is 30.3 Å². The van der Waals surface area contributed by atoms with Gasteiger partial charge >= 0.3 is 5.97 Å². The smallest absolute Gasteiger partial charge is 0.338 e. The van der Waals surface area contributed by atoms with Crippen LogP contribution < -0.4 is 0 Å². The quantitative estimate of drug-likeness (QED) is 0.260. The van der Waals surface area contributed by atoms with Crippen LogP contribution in [0.25, 0.3) is 0 Å². The Bertz CT molecular complexity index is 1280. The molecule has 5 saturated carbocycles. The Morgan fingerprint density at radius 3 is 2.41 bits per heavy atom. The Morgan fingerprint density at radius 1 is 1.02 bits per heavy atom. The molecule has 6 fully saturated rings. The molecule has 1 saturated heterocycles. The van der Waals surface area contributed by atoms with Gasteiger partial charge < -0.3 is 38.6 Å². The van der Waals surface area contributed by atoms with Gasteiger partial charge in [0, 0.05) is 76.2 Å². The Balaban J connectivity index is 1.50. The third-order valence-corrected chi connectivity index (χ3v) is 13.6. The molecule has 7 rings (SSSR count). The van der Waals surface area contributed by atoms with Crippen molar-refractivity contribution in [3.8, 4) is 0 Å². The number of aliphatic hydroxyl groups excluding tert-OH is 1. The van der Waals surface area contributed by atoms with Crippen molar-refractivity contribution in [1.29, 1.82) is 0 Å². The number of piperidine rings is 1. The van der Waals surface area contributed by atoms with Crippen molar-refractivity contribution in [3.63, 3.8) is 0 Å². The average Bonchev–Trinajstić information content (AvgIpc) is 3.44. The second kappa shape index (κ2) is 11.8. The number of ether oxygens (including phenoxy) is 6. The van der Waals surface area contributed by atoms with Crippen LogP contribution in [0.5, 0.6) is 0 Å². The zero-order valence-corrected chi connectivity index (χ0v) is 28.2. The van der Waals surface area contributed by atoms with Crippen LogP contribution in [0, 0.1) is 34.5 Å². The molecule has 256 valence electrons. The second-order valence-corrected chi connectivity index (χ2v) is 14.9. The van der Waals surface area contributed by atoms with E-state index in [1.807, 2.05) is 6.07 Å². The standard InChI is InChI=1S/C36H53NO9/c1-7-9-17-45-36-24-22(18-34(40,31(44-6)29(36)38)30(24)46-32(39)21-13-11-10-12-14-21)35-23(42-4)15-16-33(20-41-3)19-37(8-2)28(35)25(36)26(43-5)27(33)35/h10-14,22-31,38,40H,7-9,15-20H2,1-6H3/t22-,23+,24-,25+,26+,27-,28-,29+,30-,31+,33+,34+,35+,36-/m1/s1. The lowest BCUT2D eigenvalue weighted by Crippen LogP contribution is -2.80. The lowest BCUT2D eigenvalue weighted by Gasteiger charge is -2.70. The molecule has 2 N–H and O–H groups in total. The van der Waals surface area contributed by atoms with Crippen LogP contribution in [0.1, 0.15) is 56.3 Å². The summed E-state index contributed by atoms with van der Waals surface area (Å²) in [5.74, 6) is -1.52. The van der Waals surface area contributed by atoms with Crippen LogP contribution in [0.2, 0.25) is 0 Å². The highest BCUT2D eigenvalue weighted by atomic mass is 16.6. The molecule has 5 aliphatic carbocycles. The average molecular weight is 644 g/mol. The van der Waals surface area contributed by atoms with Gasteiger partial charge in [0.05, 0.1) is 24.4 Å². The number of nitrogens with zero attached hydrogens (tertiary/aromatic N) is 1. The van der Waals surface area contributed by atoms with Gasteiger partial charge in [-0.05, 0) is 50.3 Å². The van der Waals surface area contributed by atoms with E-state index in [1.54, 1.807) is 45.6 Å². The molecule has 0 aromatic heterocycles. The van der Waals surface area contributed by atoms with E-state index in [4.69, 9.17) is 28.4 Å². The molecule has 7 bridgehead atoms. The van der Waals surface area contributed by atoms with Crippen molar-refractivity contribution < 1.29 is 43.4 Å². The van der Waals surface area contributed by atoms with Gasteiger partial charge in [0.25, 0.3) is 0 Å². The maximum absolute atomic E-state index is 13.8. The number of benzene rings is 1. The third kappa shape index (κ3) is 3.90. The van der Waals surface area contributed by atoms with Crippen molar-refractivity contribution in [2.45, 2.75) is 93.7 Å². The van der Waals surface area contributed by atoms with Crippen molar-refractivity contribution in [2.24, 2.45) is 34.5 Å². The fourth-order valence-corrected chi connectivity index (χ4v) is 12.6. The lowest BCUT2D eigenvalue weighted by molar-refractivity contribution is -0.326. The molecule has 0 amide bonds. The minimum Gasteiger partial charge on any atom is -0.455 e. The van der Waals surface area contributed by atoms with E-state index in [9.17, 15) is 15.0 Å². The Labute approximate surface area is 273 Å². The van der Waals surface area contributed by atoms with E-state index in [0.29, 0.717) is 18.8 Å². The van der Waals surface area contributed by atoms with Crippen LogP contribution in [0.4, 0.5) is 0 Å².